The van der Waals surface area contributed by atoms with Gasteiger partial charge in [-0.25, -0.2) is 19.7 Å². The van der Waals surface area contributed by atoms with Gasteiger partial charge in [0.05, 0.1) is 32.7 Å². The van der Waals surface area contributed by atoms with Gasteiger partial charge in [-0.05, 0) is 52.9 Å². The van der Waals surface area contributed by atoms with Gasteiger partial charge >= 0.3 is 12.1 Å². The van der Waals surface area contributed by atoms with Crippen LogP contribution < -0.4 is 14.8 Å². The summed E-state index contributed by atoms with van der Waals surface area (Å²) in [4.78, 5) is 27.7. The molecule has 258 valence electrons. The second-order valence-corrected chi connectivity index (χ2v) is 11.3. The van der Waals surface area contributed by atoms with Crippen molar-refractivity contribution in [2.75, 3.05) is 19.5 Å². The molecule has 1 aliphatic rings. The maximum atomic E-state index is 14.5. The van der Waals surface area contributed by atoms with Crippen LogP contribution in [-0.2, 0) is 19.8 Å². The molecule has 0 unspecified atom stereocenters. The van der Waals surface area contributed by atoms with Crippen LogP contribution in [0.25, 0.3) is 21.6 Å². The Morgan fingerprint density at radius 3 is 2.12 bits per heavy atom. The number of aliphatic carboxylic acids is 1. The van der Waals surface area contributed by atoms with E-state index in [1.165, 1.54) is 17.2 Å². The highest BCUT2D eigenvalue weighted by Gasteiger charge is 2.53. The SMILES string of the molecule is CC[C@H]1O[C@@H](n2cnc3c(NC(c4ccccc4)(c4ccc(OC)cc4)c4ccc(OC)cc4)ncnc32)[C@H](OC(F)(F)C(=O)O)[C@@H]1N=[N+]=[N-]. The van der Waals surface area contributed by atoms with Crippen LogP contribution in [0.15, 0.2) is 96.6 Å². The smallest absolute Gasteiger partial charge is 0.456 e. The summed E-state index contributed by atoms with van der Waals surface area (Å²) < 4.78 is 52.1. The molecule has 3 aromatic carbocycles. The number of carboxylic acid groups (broad SMARTS) is 1. The number of carboxylic acids is 1. The third kappa shape index (κ3) is 6.11. The van der Waals surface area contributed by atoms with E-state index in [-0.39, 0.29) is 23.4 Å². The maximum absolute atomic E-state index is 14.5. The first-order chi connectivity index (χ1) is 24.2. The molecule has 1 aliphatic heterocycles. The molecule has 2 aromatic heterocycles. The molecule has 0 amide bonds. The number of hydrogen-bond donors (Lipinski definition) is 2. The average Bonchev–Trinajstić information content (AvgIpc) is 3.72. The molecule has 0 aliphatic carbocycles. The molecule has 1 fully saturated rings. The van der Waals surface area contributed by atoms with Crippen LogP contribution in [0.4, 0.5) is 14.6 Å². The molecule has 0 radical (unpaired) electrons. The number of carbonyl (C=O) groups is 1. The van der Waals surface area contributed by atoms with E-state index in [1.807, 2.05) is 78.9 Å². The third-order valence-corrected chi connectivity index (χ3v) is 8.62. The highest BCUT2D eigenvalue weighted by Crippen LogP contribution is 2.43. The second kappa shape index (κ2) is 14.0. The summed E-state index contributed by atoms with van der Waals surface area (Å²) in [6, 6.07) is 23.5. The van der Waals surface area contributed by atoms with Crippen LogP contribution >= 0.6 is 0 Å². The normalized spacial score (nSPS) is 19.1. The summed E-state index contributed by atoms with van der Waals surface area (Å²) in [7, 11) is 3.17. The Labute approximate surface area is 284 Å². The monoisotopic (exact) mass is 686 g/mol. The largest absolute Gasteiger partial charge is 0.497 e. The molecule has 50 heavy (non-hydrogen) atoms. The van der Waals surface area contributed by atoms with Crippen molar-refractivity contribution in [3.05, 3.63) is 119 Å². The Kier molecular flexibility index (Phi) is 9.50. The van der Waals surface area contributed by atoms with Crippen molar-refractivity contribution in [3.63, 3.8) is 0 Å². The minimum absolute atomic E-state index is 0.155. The highest BCUT2D eigenvalue weighted by atomic mass is 19.3. The first kappa shape index (κ1) is 34.0. The van der Waals surface area contributed by atoms with Crippen LogP contribution in [0.5, 0.6) is 11.5 Å². The van der Waals surface area contributed by atoms with Crippen LogP contribution in [0.3, 0.4) is 0 Å². The fourth-order valence-corrected chi connectivity index (χ4v) is 6.22. The number of azide groups is 1. The van der Waals surface area contributed by atoms with E-state index in [1.54, 1.807) is 21.1 Å². The topological polar surface area (TPSA) is 179 Å². The summed E-state index contributed by atoms with van der Waals surface area (Å²) >= 11 is 0. The molecule has 0 saturated carbocycles. The predicted molar refractivity (Wildman–Crippen MR) is 176 cm³/mol. The van der Waals surface area contributed by atoms with Gasteiger partial charge in [0.15, 0.2) is 23.2 Å². The van der Waals surface area contributed by atoms with Gasteiger partial charge in [-0.3, -0.25) is 4.57 Å². The molecule has 0 spiro atoms. The molecule has 16 heteroatoms. The summed E-state index contributed by atoms with van der Waals surface area (Å²) in [5, 5.41) is 16.4. The first-order valence-corrected chi connectivity index (χ1v) is 15.5. The summed E-state index contributed by atoms with van der Waals surface area (Å²) in [5.41, 5.74) is 11.0. The van der Waals surface area contributed by atoms with Gasteiger partial charge in [0.25, 0.3) is 0 Å². The van der Waals surface area contributed by atoms with E-state index < -0.39 is 42.1 Å². The van der Waals surface area contributed by atoms with E-state index in [0.29, 0.717) is 11.5 Å². The zero-order valence-electron chi connectivity index (χ0n) is 27.1. The number of ether oxygens (including phenoxy) is 4. The number of methoxy groups -OCH3 is 2. The minimum atomic E-state index is -4.61. The van der Waals surface area contributed by atoms with Crippen LogP contribution in [0, 0.1) is 0 Å². The van der Waals surface area contributed by atoms with Crippen LogP contribution in [-0.4, -0.2) is 69.2 Å². The predicted octanol–water partition coefficient (Wildman–Crippen LogP) is 6.30. The number of aromatic nitrogens is 4. The number of anilines is 1. The second-order valence-electron chi connectivity index (χ2n) is 11.3. The van der Waals surface area contributed by atoms with Crippen molar-refractivity contribution in [2.45, 2.75) is 49.5 Å². The summed E-state index contributed by atoms with van der Waals surface area (Å²) in [5.74, 6) is -0.927. The van der Waals surface area contributed by atoms with Crippen molar-refractivity contribution < 1.29 is 37.6 Å². The van der Waals surface area contributed by atoms with Gasteiger partial charge < -0.3 is 29.4 Å². The van der Waals surface area contributed by atoms with Gasteiger partial charge in [0, 0.05) is 4.91 Å². The number of imidazole rings is 1. The number of hydrogen-bond acceptors (Lipinski definition) is 10. The number of fused-ring (bicyclic) bond motifs is 1. The Balaban J connectivity index is 1.52. The lowest BCUT2D eigenvalue weighted by Crippen LogP contribution is -2.42. The number of benzene rings is 3. The Morgan fingerprint density at radius 2 is 1.58 bits per heavy atom. The van der Waals surface area contributed by atoms with Crippen LogP contribution in [0.1, 0.15) is 36.3 Å². The maximum Gasteiger partial charge on any atom is 0.456 e. The highest BCUT2D eigenvalue weighted by molar-refractivity contribution is 5.84. The quantitative estimate of drug-likeness (QED) is 0.0618. The zero-order chi connectivity index (χ0) is 35.5. The van der Waals surface area contributed by atoms with E-state index in [4.69, 9.17) is 24.1 Å². The molecular weight excluding hydrogens is 654 g/mol. The van der Waals surface area contributed by atoms with Crippen molar-refractivity contribution in [3.8, 4) is 11.5 Å². The lowest BCUT2D eigenvalue weighted by atomic mass is 9.77. The molecule has 5 aromatic rings. The van der Waals surface area contributed by atoms with Gasteiger partial charge in [-0.1, -0.05) is 66.6 Å². The van der Waals surface area contributed by atoms with Gasteiger partial charge in [-0.15, -0.1) is 0 Å². The molecule has 3 heterocycles. The van der Waals surface area contributed by atoms with E-state index >= 15 is 0 Å². The molecule has 0 bridgehead atoms. The van der Waals surface area contributed by atoms with Crippen molar-refractivity contribution >= 4 is 23.0 Å². The standard InChI is InChI=1S/C34H32F2N8O6/c1-4-25-26(42-43-37)28(50-34(35,36)32(45)46)31(49-25)44-19-40-27-29(38-18-39-30(27)44)41-33(20-8-6-5-7-9-20,21-10-14-23(47-2)15-11-21)22-12-16-24(48-3)17-13-22/h5-19,25-26,28,31H,4H2,1-3H3,(H,45,46)(H,38,39,41)/t25-,26-,28-,31-/m1/s1. The molecular formula is C34H32F2N8O6. The fourth-order valence-electron chi connectivity index (χ4n) is 6.22. The van der Waals surface area contributed by atoms with E-state index in [0.717, 1.165) is 16.7 Å². The number of halogens is 2. The van der Waals surface area contributed by atoms with E-state index in [9.17, 15) is 19.1 Å². The number of nitrogens with one attached hydrogen (secondary N) is 1. The Bertz CT molecular complexity index is 1960. The number of nitrogens with zero attached hydrogens (tertiary/aromatic N) is 7. The first-order valence-electron chi connectivity index (χ1n) is 15.5. The Hall–Kier alpha value is -5.83. The lowest BCUT2D eigenvalue weighted by molar-refractivity contribution is -0.272. The Morgan fingerprint density at radius 1 is 0.980 bits per heavy atom. The molecule has 6 rings (SSSR count). The van der Waals surface area contributed by atoms with Crippen molar-refractivity contribution in [2.24, 2.45) is 5.11 Å². The van der Waals surface area contributed by atoms with Crippen molar-refractivity contribution in [1.29, 1.82) is 0 Å². The van der Waals surface area contributed by atoms with Crippen molar-refractivity contribution in [1.82, 2.24) is 19.5 Å². The number of rotatable bonds is 13. The third-order valence-electron chi connectivity index (χ3n) is 8.62. The van der Waals surface area contributed by atoms with Gasteiger partial charge in [0.1, 0.15) is 29.5 Å². The van der Waals surface area contributed by atoms with Crippen LogP contribution in [0.2, 0.25) is 0 Å². The average molecular weight is 687 g/mol. The zero-order valence-corrected chi connectivity index (χ0v) is 27.1. The summed E-state index contributed by atoms with van der Waals surface area (Å²) in [6.45, 7) is 1.71. The van der Waals surface area contributed by atoms with E-state index in [2.05, 4.69) is 30.3 Å². The lowest BCUT2D eigenvalue weighted by Gasteiger charge is -2.37. The molecule has 14 nitrogen and oxygen atoms in total. The van der Waals surface area contributed by atoms with Gasteiger partial charge in [-0.2, -0.15) is 8.78 Å². The van der Waals surface area contributed by atoms with Gasteiger partial charge in [0.2, 0.25) is 0 Å². The molecule has 1 saturated heterocycles. The minimum Gasteiger partial charge on any atom is -0.497 e. The number of alkyl halides is 2. The summed E-state index contributed by atoms with van der Waals surface area (Å²) in [6.07, 6.45) is -5.76. The molecule has 2 N–H and O–H groups in total. The fraction of sp³-hybridized carbons (Fsp3) is 0.294. The molecule has 4 atom stereocenters.